The predicted molar refractivity (Wildman–Crippen MR) is 71.5 cm³/mol. The molecule has 0 aromatic rings. The van der Waals surface area contributed by atoms with Gasteiger partial charge in [0.1, 0.15) is 5.54 Å². The molecule has 0 aliphatic heterocycles. The molecule has 2 saturated carbocycles. The largest absolute Gasteiger partial charge is 0.480 e. The van der Waals surface area contributed by atoms with Crippen molar-refractivity contribution < 1.29 is 14.7 Å². The van der Waals surface area contributed by atoms with Crippen LogP contribution in [-0.4, -0.2) is 28.1 Å². The maximum Gasteiger partial charge on any atom is 0.329 e. The van der Waals surface area contributed by atoms with Crippen LogP contribution < -0.4 is 11.1 Å². The van der Waals surface area contributed by atoms with E-state index < -0.39 is 17.0 Å². The van der Waals surface area contributed by atoms with Gasteiger partial charge in [-0.3, -0.25) is 4.79 Å². The molecule has 5 nitrogen and oxygen atoms in total. The molecule has 0 spiro atoms. The van der Waals surface area contributed by atoms with Crippen LogP contribution in [0, 0.1) is 5.92 Å². The lowest BCUT2D eigenvalue weighted by Gasteiger charge is -2.40. The topological polar surface area (TPSA) is 92.4 Å². The van der Waals surface area contributed by atoms with Crippen molar-refractivity contribution in [2.24, 2.45) is 11.7 Å². The summed E-state index contributed by atoms with van der Waals surface area (Å²) in [4.78, 5) is 23.6. The van der Waals surface area contributed by atoms with E-state index in [1.807, 2.05) is 6.92 Å². The van der Waals surface area contributed by atoms with Gasteiger partial charge < -0.3 is 16.2 Å². The van der Waals surface area contributed by atoms with Crippen molar-refractivity contribution in [2.45, 2.75) is 69.4 Å². The number of amides is 1. The third-order valence-corrected chi connectivity index (χ3v) is 4.65. The zero-order chi connectivity index (χ0) is 14.1. The summed E-state index contributed by atoms with van der Waals surface area (Å²) in [6.45, 7) is 2.04. The van der Waals surface area contributed by atoms with Crippen molar-refractivity contribution in [1.29, 1.82) is 0 Å². The molecule has 0 aromatic carbocycles. The first-order valence-electron chi connectivity index (χ1n) is 7.19. The molecule has 4 N–H and O–H groups in total. The maximum absolute atomic E-state index is 12.1. The van der Waals surface area contributed by atoms with Crippen molar-refractivity contribution in [3.8, 4) is 0 Å². The quantitative estimate of drug-likeness (QED) is 0.718. The number of hydrogen-bond acceptors (Lipinski definition) is 3. The first-order valence-corrected chi connectivity index (χ1v) is 7.19. The van der Waals surface area contributed by atoms with Crippen LogP contribution in [0.3, 0.4) is 0 Å². The number of nitrogens with two attached hydrogens (primary N) is 1. The van der Waals surface area contributed by atoms with Gasteiger partial charge in [-0.1, -0.05) is 19.8 Å². The molecule has 0 bridgehead atoms. The molecule has 2 fully saturated rings. The van der Waals surface area contributed by atoms with Crippen LogP contribution in [0.2, 0.25) is 0 Å². The average molecular weight is 268 g/mol. The summed E-state index contributed by atoms with van der Waals surface area (Å²) in [7, 11) is 0. The predicted octanol–water partition coefficient (Wildman–Crippen LogP) is 1.41. The molecule has 2 rings (SSSR count). The summed E-state index contributed by atoms with van der Waals surface area (Å²) in [6.07, 6.45) is 5.95. The van der Waals surface area contributed by atoms with Crippen molar-refractivity contribution >= 4 is 11.9 Å². The molecule has 2 unspecified atom stereocenters. The third-order valence-electron chi connectivity index (χ3n) is 4.65. The Morgan fingerprint density at radius 2 is 2.00 bits per heavy atom. The highest BCUT2D eigenvalue weighted by molar-refractivity contribution is 5.87. The van der Waals surface area contributed by atoms with Gasteiger partial charge in [-0.05, 0) is 38.0 Å². The Morgan fingerprint density at radius 3 is 2.47 bits per heavy atom. The molecule has 19 heavy (non-hydrogen) atoms. The minimum atomic E-state index is -1.07. The summed E-state index contributed by atoms with van der Waals surface area (Å²) in [5.41, 5.74) is 4.57. The Bertz CT molecular complexity index is 379. The number of nitrogens with one attached hydrogen (secondary N) is 1. The van der Waals surface area contributed by atoms with Crippen LogP contribution in [0.15, 0.2) is 0 Å². The van der Waals surface area contributed by atoms with Crippen molar-refractivity contribution in [3.05, 3.63) is 0 Å². The fourth-order valence-electron chi connectivity index (χ4n) is 3.35. The monoisotopic (exact) mass is 268 g/mol. The second-order valence-electron chi connectivity index (χ2n) is 6.53. The minimum Gasteiger partial charge on any atom is -0.480 e. The fourth-order valence-corrected chi connectivity index (χ4v) is 3.35. The Morgan fingerprint density at radius 1 is 1.32 bits per heavy atom. The van der Waals surface area contributed by atoms with E-state index >= 15 is 0 Å². The minimum absolute atomic E-state index is 0.210. The molecule has 2 aliphatic carbocycles. The molecule has 0 aromatic heterocycles. The van der Waals surface area contributed by atoms with E-state index in [-0.39, 0.29) is 12.3 Å². The maximum atomic E-state index is 12.1. The van der Waals surface area contributed by atoms with Crippen molar-refractivity contribution in [1.82, 2.24) is 5.32 Å². The second kappa shape index (κ2) is 5.12. The molecule has 2 atom stereocenters. The Balaban J connectivity index is 2.00. The van der Waals surface area contributed by atoms with Crippen LogP contribution >= 0.6 is 0 Å². The van der Waals surface area contributed by atoms with Gasteiger partial charge in [0, 0.05) is 12.0 Å². The highest BCUT2D eigenvalue weighted by Gasteiger charge is 2.44. The first kappa shape index (κ1) is 14.3. The lowest BCUT2D eigenvalue weighted by atomic mass is 9.74. The number of carbonyl (C=O) groups is 2. The number of carbonyl (C=O) groups excluding carboxylic acids is 1. The van der Waals surface area contributed by atoms with Crippen LogP contribution in [0.25, 0.3) is 0 Å². The van der Waals surface area contributed by atoms with E-state index in [1.165, 1.54) is 0 Å². The summed E-state index contributed by atoms with van der Waals surface area (Å²) in [5, 5.41) is 12.2. The molecule has 1 amide bonds. The van der Waals surface area contributed by atoms with Gasteiger partial charge >= 0.3 is 5.97 Å². The van der Waals surface area contributed by atoms with E-state index in [1.54, 1.807) is 0 Å². The highest BCUT2D eigenvalue weighted by atomic mass is 16.4. The van der Waals surface area contributed by atoms with Crippen LogP contribution in [0.4, 0.5) is 0 Å². The van der Waals surface area contributed by atoms with E-state index in [4.69, 9.17) is 5.73 Å². The third kappa shape index (κ3) is 3.08. The van der Waals surface area contributed by atoms with Gasteiger partial charge in [-0.15, -0.1) is 0 Å². The fraction of sp³-hybridized carbons (Fsp3) is 0.857. The van der Waals surface area contributed by atoms with Crippen LogP contribution in [-0.2, 0) is 9.59 Å². The zero-order valence-electron chi connectivity index (χ0n) is 11.6. The normalized spacial score (nSPS) is 33.3. The first-order chi connectivity index (χ1) is 8.85. The van der Waals surface area contributed by atoms with E-state index in [2.05, 4.69) is 5.32 Å². The smallest absolute Gasteiger partial charge is 0.329 e. The number of carboxylic acid groups (broad SMARTS) is 1. The summed E-state index contributed by atoms with van der Waals surface area (Å²) in [5.74, 6) is -0.786. The van der Waals surface area contributed by atoms with E-state index in [0.717, 1.165) is 32.1 Å². The van der Waals surface area contributed by atoms with Gasteiger partial charge in [0.2, 0.25) is 5.91 Å². The molecular formula is C14H24N2O3. The Hall–Kier alpha value is -1.10. The van der Waals surface area contributed by atoms with Gasteiger partial charge in [-0.25, -0.2) is 4.79 Å². The van der Waals surface area contributed by atoms with Gasteiger partial charge in [0.05, 0.1) is 0 Å². The molecule has 108 valence electrons. The lowest BCUT2D eigenvalue weighted by molar-refractivity contribution is -0.150. The van der Waals surface area contributed by atoms with Gasteiger partial charge in [0.15, 0.2) is 0 Å². The van der Waals surface area contributed by atoms with Crippen LogP contribution in [0.5, 0.6) is 0 Å². The van der Waals surface area contributed by atoms with Crippen LogP contribution in [0.1, 0.15) is 58.3 Å². The van der Waals surface area contributed by atoms with Crippen molar-refractivity contribution in [3.63, 3.8) is 0 Å². The molecule has 0 saturated heterocycles. The molecule has 0 heterocycles. The summed E-state index contributed by atoms with van der Waals surface area (Å²) >= 11 is 0. The Kier molecular flexibility index (Phi) is 3.85. The van der Waals surface area contributed by atoms with Gasteiger partial charge in [0.25, 0.3) is 0 Å². The number of carboxylic acids is 1. The molecular weight excluding hydrogens is 244 g/mol. The number of hydrogen-bond donors (Lipinski definition) is 3. The molecule has 2 aliphatic rings. The van der Waals surface area contributed by atoms with Crippen molar-refractivity contribution in [2.75, 3.05) is 0 Å². The second-order valence-corrected chi connectivity index (χ2v) is 6.53. The lowest BCUT2D eigenvalue weighted by Crippen LogP contribution is -2.59. The van der Waals surface area contributed by atoms with E-state index in [9.17, 15) is 14.7 Å². The molecule has 5 heteroatoms. The zero-order valence-corrected chi connectivity index (χ0v) is 11.6. The SMILES string of the molecule is CC1CCCC(NC(=O)CC2(N)CCC2)(C(=O)O)C1. The highest BCUT2D eigenvalue weighted by Crippen LogP contribution is 2.35. The molecule has 0 radical (unpaired) electrons. The van der Waals surface area contributed by atoms with E-state index in [0.29, 0.717) is 18.8 Å². The van der Waals surface area contributed by atoms with Gasteiger partial charge in [-0.2, -0.15) is 0 Å². The number of aliphatic carboxylic acids is 1. The average Bonchev–Trinajstić information content (AvgIpc) is 2.26. The number of rotatable bonds is 4. The Labute approximate surface area is 113 Å². The summed E-state index contributed by atoms with van der Waals surface area (Å²) < 4.78 is 0. The summed E-state index contributed by atoms with van der Waals surface area (Å²) in [6, 6.07) is 0. The standard InChI is InChI=1S/C14H24N2O3/c1-10-4-2-7-14(8-10,12(18)19)16-11(17)9-13(15)5-3-6-13/h10H,2-9,15H2,1H3,(H,16,17)(H,18,19).